The topological polar surface area (TPSA) is 87.9 Å². The molecule has 0 radical (unpaired) electrons. The molecule has 28 heavy (non-hydrogen) atoms. The predicted molar refractivity (Wildman–Crippen MR) is 112 cm³/mol. The van der Waals surface area contributed by atoms with Gasteiger partial charge in [-0.2, -0.15) is 0 Å². The van der Waals surface area contributed by atoms with Crippen LogP contribution in [-0.2, 0) is 14.3 Å². The Labute approximate surface area is 168 Å². The molecule has 156 valence electrons. The minimum atomic E-state index is -0.370. The molecule has 3 N–H and O–H groups in total. The van der Waals surface area contributed by atoms with E-state index in [2.05, 4.69) is 37.9 Å². The van der Waals surface area contributed by atoms with E-state index in [4.69, 9.17) is 10.5 Å². The van der Waals surface area contributed by atoms with Crippen LogP contribution in [0.25, 0.3) is 0 Å². The van der Waals surface area contributed by atoms with Gasteiger partial charge in [-0.05, 0) is 36.1 Å². The molecule has 1 aliphatic heterocycles. The van der Waals surface area contributed by atoms with Crippen molar-refractivity contribution in [2.24, 2.45) is 17.6 Å². The molecule has 1 aromatic rings. The number of morpholine rings is 1. The van der Waals surface area contributed by atoms with Gasteiger partial charge in [0, 0.05) is 37.6 Å². The van der Waals surface area contributed by atoms with Gasteiger partial charge < -0.3 is 20.7 Å². The van der Waals surface area contributed by atoms with Crippen LogP contribution in [0.15, 0.2) is 24.3 Å². The predicted octanol–water partition coefficient (Wildman–Crippen LogP) is 1.93. The Hall–Kier alpha value is -1.96. The second-order valence-electron chi connectivity index (χ2n) is 8.13. The zero-order valence-corrected chi connectivity index (χ0v) is 17.5. The molecular formula is C21H34N4O3. The average molecular weight is 391 g/mol. The van der Waals surface area contributed by atoms with E-state index in [9.17, 15) is 9.59 Å². The van der Waals surface area contributed by atoms with E-state index in [1.807, 2.05) is 24.3 Å². The Balaban J connectivity index is 2.05. The smallest absolute Gasteiger partial charge is 0.253 e. The van der Waals surface area contributed by atoms with Crippen LogP contribution in [0.3, 0.4) is 0 Å². The van der Waals surface area contributed by atoms with E-state index in [1.165, 1.54) is 0 Å². The molecule has 1 heterocycles. The number of carbonyl (C=O) groups excluding carboxylic acids is 2. The fourth-order valence-corrected chi connectivity index (χ4v) is 3.43. The molecule has 0 spiro atoms. The van der Waals surface area contributed by atoms with Crippen molar-refractivity contribution < 1.29 is 14.3 Å². The van der Waals surface area contributed by atoms with Gasteiger partial charge in [0.15, 0.2) is 0 Å². The van der Waals surface area contributed by atoms with Crippen molar-refractivity contribution in [3.63, 3.8) is 0 Å². The molecule has 1 saturated heterocycles. The summed E-state index contributed by atoms with van der Waals surface area (Å²) in [5, 5.41) is 2.97. The summed E-state index contributed by atoms with van der Waals surface area (Å²) in [6.45, 7) is 11.7. The number of ether oxygens (including phenoxy) is 1. The summed E-state index contributed by atoms with van der Waals surface area (Å²) >= 11 is 0. The molecular weight excluding hydrogens is 356 g/mol. The minimum Gasteiger partial charge on any atom is -0.370 e. The molecule has 0 aliphatic carbocycles. The van der Waals surface area contributed by atoms with E-state index in [0.717, 1.165) is 18.8 Å². The maximum absolute atomic E-state index is 12.9. The van der Waals surface area contributed by atoms with Crippen LogP contribution in [0.5, 0.6) is 0 Å². The van der Waals surface area contributed by atoms with Crippen molar-refractivity contribution in [1.29, 1.82) is 0 Å². The Morgan fingerprint density at radius 1 is 1.18 bits per heavy atom. The van der Waals surface area contributed by atoms with E-state index in [-0.39, 0.29) is 31.0 Å². The molecule has 1 aromatic carbocycles. The van der Waals surface area contributed by atoms with Gasteiger partial charge in [-0.3, -0.25) is 14.5 Å². The van der Waals surface area contributed by atoms with Crippen molar-refractivity contribution in [3.05, 3.63) is 24.3 Å². The van der Waals surface area contributed by atoms with E-state index < -0.39 is 0 Å². The number of nitrogens with zero attached hydrogens (tertiary/aromatic N) is 2. The normalized spacial score (nSPS) is 16.1. The molecule has 2 rings (SSSR count). The van der Waals surface area contributed by atoms with Crippen molar-refractivity contribution in [1.82, 2.24) is 4.90 Å². The number of nitrogens with two attached hydrogens (primary N) is 1. The van der Waals surface area contributed by atoms with Gasteiger partial charge in [-0.15, -0.1) is 0 Å². The largest absolute Gasteiger partial charge is 0.370 e. The Bertz CT molecular complexity index is 636. The molecule has 7 nitrogen and oxygen atoms in total. The monoisotopic (exact) mass is 390 g/mol. The van der Waals surface area contributed by atoms with Gasteiger partial charge in [-0.1, -0.05) is 27.7 Å². The highest BCUT2D eigenvalue weighted by molar-refractivity contribution is 5.97. The third kappa shape index (κ3) is 6.29. The SMILES string of the molecule is CC(C)CN(CC(C)C)[C@H](CN)C(=O)Nc1ccc(N2CCOCC2=O)cc1. The molecule has 0 unspecified atom stereocenters. The number of amides is 2. The summed E-state index contributed by atoms with van der Waals surface area (Å²) < 4.78 is 5.16. The van der Waals surface area contributed by atoms with Gasteiger partial charge >= 0.3 is 0 Å². The number of anilines is 2. The number of carbonyl (C=O) groups is 2. The number of benzene rings is 1. The molecule has 0 bridgehead atoms. The second-order valence-corrected chi connectivity index (χ2v) is 8.13. The van der Waals surface area contributed by atoms with Crippen molar-refractivity contribution in [3.8, 4) is 0 Å². The van der Waals surface area contributed by atoms with Gasteiger partial charge in [0.25, 0.3) is 5.91 Å². The van der Waals surface area contributed by atoms with Crippen LogP contribution < -0.4 is 16.0 Å². The lowest BCUT2D eigenvalue weighted by Crippen LogP contribution is -2.51. The highest BCUT2D eigenvalue weighted by atomic mass is 16.5. The first-order chi connectivity index (χ1) is 13.3. The van der Waals surface area contributed by atoms with Crippen molar-refractivity contribution in [2.45, 2.75) is 33.7 Å². The van der Waals surface area contributed by atoms with Crippen LogP contribution in [-0.4, -0.2) is 62.1 Å². The quantitative estimate of drug-likeness (QED) is 0.673. The van der Waals surface area contributed by atoms with Crippen molar-refractivity contribution in [2.75, 3.05) is 49.6 Å². The fraction of sp³-hybridized carbons (Fsp3) is 0.619. The molecule has 1 atom stereocenters. The first-order valence-corrected chi connectivity index (χ1v) is 10.0. The molecule has 1 aliphatic rings. The van der Waals surface area contributed by atoms with E-state index >= 15 is 0 Å². The molecule has 1 fully saturated rings. The van der Waals surface area contributed by atoms with Crippen LogP contribution >= 0.6 is 0 Å². The fourth-order valence-electron chi connectivity index (χ4n) is 3.43. The van der Waals surface area contributed by atoms with Gasteiger partial charge in [-0.25, -0.2) is 0 Å². The third-order valence-electron chi connectivity index (χ3n) is 4.60. The number of hydrogen-bond donors (Lipinski definition) is 2. The number of rotatable bonds is 9. The minimum absolute atomic E-state index is 0.0516. The molecule has 0 saturated carbocycles. The second kappa shape index (κ2) is 10.5. The lowest BCUT2D eigenvalue weighted by molar-refractivity contribution is -0.125. The summed E-state index contributed by atoms with van der Waals surface area (Å²) in [5.41, 5.74) is 7.46. The summed E-state index contributed by atoms with van der Waals surface area (Å²) in [6.07, 6.45) is 0. The maximum Gasteiger partial charge on any atom is 0.253 e. The van der Waals surface area contributed by atoms with Crippen molar-refractivity contribution >= 4 is 23.2 Å². The molecule has 2 amide bonds. The van der Waals surface area contributed by atoms with Crippen LogP contribution in [0.4, 0.5) is 11.4 Å². The van der Waals surface area contributed by atoms with Gasteiger partial charge in [0.05, 0.1) is 6.61 Å². The first kappa shape index (κ1) is 22.3. The van der Waals surface area contributed by atoms with Gasteiger partial charge in [0.1, 0.15) is 12.6 Å². The third-order valence-corrected chi connectivity index (χ3v) is 4.60. The summed E-state index contributed by atoms with van der Waals surface area (Å²) in [7, 11) is 0. The summed E-state index contributed by atoms with van der Waals surface area (Å²) in [4.78, 5) is 28.7. The zero-order chi connectivity index (χ0) is 20.7. The molecule has 7 heteroatoms. The average Bonchev–Trinajstić information content (AvgIpc) is 2.62. The summed E-state index contributed by atoms with van der Waals surface area (Å²) in [5.74, 6) is 0.750. The van der Waals surface area contributed by atoms with Crippen LogP contribution in [0.2, 0.25) is 0 Å². The van der Waals surface area contributed by atoms with Gasteiger partial charge in [0.2, 0.25) is 5.91 Å². The van der Waals surface area contributed by atoms with Crippen LogP contribution in [0.1, 0.15) is 27.7 Å². The standard InChI is InChI=1S/C21H34N4O3/c1-15(2)12-24(13-16(3)4)19(11-22)21(27)23-17-5-7-18(8-6-17)25-9-10-28-14-20(25)26/h5-8,15-16,19H,9-14,22H2,1-4H3,(H,23,27)/t19-/m1/s1. The Morgan fingerprint density at radius 2 is 1.79 bits per heavy atom. The lowest BCUT2D eigenvalue weighted by Gasteiger charge is -2.32. The maximum atomic E-state index is 12.9. The Morgan fingerprint density at radius 3 is 2.29 bits per heavy atom. The summed E-state index contributed by atoms with van der Waals surface area (Å²) in [6, 6.07) is 6.95. The van der Waals surface area contributed by atoms with Crippen LogP contribution in [0, 0.1) is 11.8 Å². The lowest BCUT2D eigenvalue weighted by atomic mass is 10.1. The number of nitrogens with one attached hydrogen (secondary N) is 1. The van der Waals surface area contributed by atoms with E-state index in [0.29, 0.717) is 30.7 Å². The highest BCUT2D eigenvalue weighted by Crippen LogP contribution is 2.20. The first-order valence-electron chi connectivity index (χ1n) is 10.0. The zero-order valence-electron chi connectivity index (χ0n) is 17.5. The molecule has 0 aromatic heterocycles. The van der Waals surface area contributed by atoms with E-state index in [1.54, 1.807) is 4.90 Å². The Kier molecular flexibility index (Phi) is 8.41. The number of hydrogen-bond acceptors (Lipinski definition) is 5. The highest BCUT2D eigenvalue weighted by Gasteiger charge is 2.26.